The lowest BCUT2D eigenvalue weighted by molar-refractivity contribution is -0.143. The molecule has 26 heavy (non-hydrogen) atoms. The first kappa shape index (κ1) is 19.1. The zero-order valence-corrected chi connectivity index (χ0v) is 14.9. The largest absolute Gasteiger partial charge is 0.497 e. The minimum absolute atomic E-state index is 0.0612. The third-order valence-corrected chi connectivity index (χ3v) is 3.59. The molecule has 7 heteroatoms. The second-order valence-corrected chi connectivity index (χ2v) is 5.26. The van der Waals surface area contributed by atoms with Gasteiger partial charge in [-0.15, -0.1) is 0 Å². The van der Waals surface area contributed by atoms with E-state index in [1.807, 2.05) is 12.1 Å². The van der Waals surface area contributed by atoms with Crippen LogP contribution in [0, 0.1) is 0 Å². The molecular weight excluding hydrogens is 338 g/mol. The number of benzene rings is 2. The van der Waals surface area contributed by atoms with E-state index in [1.54, 1.807) is 37.4 Å². The minimum atomic E-state index is -0.556. The van der Waals surface area contributed by atoms with Crippen LogP contribution in [0.4, 0.5) is 0 Å². The van der Waals surface area contributed by atoms with Gasteiger partial charge >= 0.3 is 5.97 Å². The Kier molecular flexibility index (Phi) is 6.84. The second-order valence-electron chi connectivity index (χ2n) is 5.26. The summed E-state index contributed by atoms with van der Waals surface area (Å²) in [6.07, 6.45) is 0. The van der Waals surface area contributed by atoms with Crippen LogP contribution in [0.5, 0.6) is 17.2 Å². The zero-order chi connectivity index (χ0) is 18.9. The molecule has 0 aliphatic heterocycles. The fourth-order valence-corrected chi connectivity index (χ4v) is 2.22. The Morgan fingerprint density at radius 2 is 1.58 bits per heavy atom. The van der Waals surface area contributed by atoms with Gasteiger partial charge in [-0.25, -0.2) is 0 Å². The molecule has 0 unspecified atom stereocenters. The summed E-state index contributed by atoms with van der Waals surface area (Å²) in [6, 6.07) is 12.0. The maximum atomic E-state index is 12.2. The van der Waals surface area contributed by atoms with Gasteiger partial charge in [0.25, 0.3) is 5.91 Å². The zero-order valence-electron chi connectivity index (χ0n) is 14.9. The van der Waals surface area contributed by atoms with Gasteiger partial charge in [0.15, 0.2) is 0 Å². The predicted molar refractivity (Wildman–Crippen MR) is 94.7 cm³/mol. The smallest absolute Gasteiger partial charge is 0.325 e. The molecule has 1 N–H and O–H groups in total. The number of carbonyl (C=O) groups excluding carboxylic acids is 2. The number of amides is 1. The first-order valence-corrected chi connectivity index (χ1v) is 7.86. The molecule has 0 atom stereocenters. The van der Waals surface area contributed by atoms with Gasteiger partial charge < -0.3 is 24.3 Å². The highest BCUT2D eigenvalue weighted by Gasteiger charge is 2.12. The molecule has 0 aliphatic rings. The summed E-state index contributed by atoms with van der Waals surface area (Å²) in [5, 5.41) is 2.51. The maximum absolute atomic E-state index is 12.2. The standard InChI is InChI=1S/C19H21NO6/c1-23-15-8-14(9-16(10-15)24-2)19(22)20-11-18(21)26-12-13-6-4-5-7-17(13)25-3/h4-10H,11-12H2,1-3H3,(H,20,22). The molecule has 0 heterocycles. The molecule has 0 aromatic heterocycles. The van der Waals surface area contributed by atoms with Crippen LogP contribution >= 0.6 is 0 Å². The number of para-hydroxylation sites is 1. The lowest BCUT2D eigenvalue weighted by Gasteiger charge is -2.10. The molecule has 138 valence electrons. The van der Waals surface area contributed by atoms with E-state index in [9.17, 15) is 9.59 Å². The maximum Gasteiger partial charge on any atom is 0.325 e. The van der Waals surface area contributed by atoms with Crippen LogP contribution < -0.4 is 19.5 Å². The summed E-state index contributed by atoms with van der Waals surface area (Å²) in [7, 11) is 4.53. The summed E-state index contributed by atoms with van der Waals surface area (Å²) in [5.41, 5.74) is 1.06. The second kappa shape index (κ2) is 9.31. The number of ether oxygens (including phenoxy) is 4. The van der Waals surface area contributed by atoms with Gasteiger partial charge in [0, 0.05) is 17.2 Å². The average molecular weight is 359 g/mol. The van der Waals surface area contributed by atoms with Crippen molar-refractivity contribution in [3.8, 4) is 17.2 Å². The van der Waals surface area contributed by atoms with E-state index in [4.69, 9.17) is 18.9 Å². The lowest BCUT2D eigenvalue weighted by Crippen LogP contribution is -2.30. The summed E-state index contributed by atoms with van der Waals surface area (Å²) in [4.78, 5) is 24.1. The van der Waals surface area contributed by atoms with Gasteiger partial charge in [0.05, 0.1) is 21.3 Å². The van der Waals surface area contributed by atoms with Crippen molar-refractivity contribution in [3.05, 3.63) is 53.6 Å². The first-order chi connectivity index (χ1) is 12.6. The molecule has 0 saturated carbocycles. The van der Waals surface area contributed by atoms with E-state index < -0.39 is 11.9 Å². The molecule has 0 fully saturated rings. The predicted octanol–water partition coefficient (Wildman–Crippen LogP) is 2.19. The highest BCUT2D eigenvalue weighted by molar-refractivity contribution is 5.96. The number of methoxy groups -OCH3 is 3. The van der Waals surface area contributed by atoms with Crippen molar-refractivity contribution in [1.82, 2.24) is 5.32 Å². The Labute approximate surface area is 151 Å². The Hall–Kier alpha value is -3.22. The average Bonchev–Trinajstić information content (AvgIpc) is 2.69. The van der Waals surface area contributed by atoms with Crippen LogP contribution in [-0.2, 0) is 16.1 Å². The molecule has 0 radical (unpaired) electrons. The fourth-order valence-electron chi connectivity index (χ4n) is 2.22. The molecule has 7 nitrogen and oxygen atoms in total. The van der Waals surface area contributed by atoms with Crippen LogP contribution in [0.25, 0.3) is 0 Å². The Morgan fingerprint density at radius 3 is 2.19 bits per heavy atom. The van der Waals surface area contributed by atoms with E-state index in [0.717, 1.165) is 5.56 Å². The molecule has 0 spiro atoms. The van der Waals surface area contributed by atoms with Crippen molar-refractivity contribution in [1.29, 1.82) is 0 Å². The third kappa shape index (κ3) is 5.14. The van der Waals surface area contributed by atoms with Gasteiger partial charge in [0.1, 0.15) is 30.4 Å². The summed E-state index contributed by atoms with van der Waals surface area (Å²) in [5.74, 6) is 0.602. The van der Waals surface area contributed by atoms with Gasteiger partial charge in [-0.1, -0.05) is 18.2 Å². The number of rotatable bonds is 8. The highest BCUT2D eigenvalue weighted by Crippen LogP contribution is 2.22. The van der Waals surface area contributed by atoms with Crippen molar-refractivity contribution < 1.29 is 28.5 Å². The Balaban J connectivity index is 1.90. The molecule has 0 aliphatic carbocycles. The van der Waals surface area contributed by atoms with E-state index in [-0.39, 0.29) is 13.2 Å². The first-order valence-electron chi connectivity index (χ1n) is 7.86. The monoisotopic (exact) mass is 359 g/mol. The molecule has 2 rings (SSSR count). The third-order valence-electron chi connectivity index (χ3n) is 3.59. The molecule has 2 aromatic carbocycles. The molecule has 2 aromatic rings. The number of esters is 1. The van der Waals surface area contributed by atoms with Crippen molar-refractivity contribution in [2.24, 2.45) is 0 Å². The van der Waals surface area contributed by atoms with Crippen molar-refractivity contribution in [2.45, 2.75) is 6.61 Å². The van der Waals surface area contributed by atoms with Crippen LogP contribution in [0.2, 0.25) is 0 Å². The van der Waals surface area contributed by atoms with E-state index >= 15 is 0 Å². The van der Waals surface area contributed by atoms with E-state index in [1.165, 1.54) is 14.2 Å². The van der Waals surface area contributed by atoms with Crippen LogP contribution in [0.15, 0.2) is 42.5 Å². The van der Waals surface area contributed by atoms with Crippen LogP contribution in [0.3, 0.4) is 0 Å². The number of nitrogens with one attached hydrogen (secondary N) is 1. The van der Waals surface area contributed by atoms with Crippen molar-refractivity contribution in [2.75, 3.05) is 27.9 Å². The number of hydrogen-bond donors (Lipinski definition) is 1. The SMILES string of the molecule is COc1cc(OC)cc(C(=O)NCC(=O)OCc2ccccc2OC)c1. The van der Waals surface area contributed by atoms with Crippen molar-refractivity contribution >= 4 is 11.9 Å². The van der Waals surface area contributed by atoms with E-state index in [0.29, 0.717) is 22.8 Å². The Morgan fingerprint density at radius 1 is 0.923 bits per heavy atom. The van der Waals surface area contributed by atoms with Crippen molar-refractivity contribution in [3.63, 3.8) is 0 Å². The lowest BCUT2D eigenvalue weighted by atomic mass is 10.2. The molecule has 1 amide bonds. The van der Waals surface area contributed by atoms with Gasteiger partial charge in [-0.3, -0.25) is 9.59 Å². The molecular formula is C19H21NO6. The normalized spacial score (nSPS) is 9.96. The van der Waals surface area contributed by atoms with Gasteiger partial charge in [0.2, 0.25) is 0 Å². The summed E-state index contributed by atoms with van der Waals surface area (Å²) < 4.78 is 20.6. The molecule has 0 saturated heterocycles. The topological polar surface area (TPSA) is 83.1 Å². The molecule has 0 bridgehead atoms. The number of carbonyl (C=O) groups is 2. The minimum Gasteiger partial charge on any atom is -0.497 e. The fraction of sp³-hybridized carbons (Fsp3) is 0.263. The summed E-state index contributed by atoms with van der Waals surface area (Å²) >= 11 is 0. The van der Waals surface area contributed by atoms with Gasteiger partial charge in [-0.05, 0) is 18.2 Å². The van der Waals surface area contributed by atoms with Crippen LogP contribution in [0.1, 0.15) is 15.9 Å². The summed E-state index contributed by atoms with van der Waals surface area (Å²) in [6.45, 7) is -0.195. The van der Waals surface area contributed by atoms with E-state index in [2.05, 4.69) is 5.32 Å². The Bertz CT molecular complexity index is 752. The van der Waals surface area contributed by atoms with Crippen LogP contribution in [-0.4, -0.2) is 39.8 Å². The number of hydrogen-bond acceptors (Lipinski definition) is 6. The quantitative estimate of drug-likeness (QED) is 0.728. The van der Waals surface area contributed by atoms with Gasteiger partial charge in [-0.2, -0.15) is 0 Å². The highest BCUT2D eigenvalue weighted by atomic mass is 16.5.